The molecule has 3 heterocycles. The van der Waals surface area contributed by atoms with Crippen molar-refractivity contribution in [3.8, 4) is 0 Å². The van der Waals surface area contributed by atoms with Crippen LogP contribution in [0.1, 0.15) is 24.1 Å². The van der Waals surface area contributed by atoms with Crippen LogP contribution in [0.25, 0.3) is 10.9 Å². The van der Waals surface area contributed by atoms with Crippen LogP contribution in [-0.2, 0) is 13.0 Å². The molecule has 1 aromatic carbocycles. The summed E-state index contributed by atoms with van der Waals surface area (Å²) < 4.78 is 0. The molecule has 3 aromatic rings. The third-order valence-electron chi connectivity index (χ3n) is 4.92. The van der Waals surface area contributed by atoms with E-state index in [1.54, 1.807) is 12.4 Å². The molecule has 0 unspecified atom stereocenters. The summed E-state index contributed by atoms with van der Waals surface area (Å²) in [5.74, 6) is 1.18. The van der Waals surface area contributed by atoms with Crippen LogP contribution < -0.4 is 5.73 Å². The summed E-state index contributed by atoms with van der Waals surface area (Å²) in [6.45, 7) is 3.27. The molecule has 5 heteroatoms. The molecule has 1 saturated heterocycles. The molecule has 0 bridgehead atoms. The second kappa shape index (κ2) is 6.61. The molecular weight excluding hydrogens is 298 g/mol. The first-order valence-electron chi connectivity index (χ1n) is 8.61. The summed E-state index contributed by atoms with van der Waals surface area (Å²) in [6, 6.07) is 8.82. The highest BCUT2D eigenvalue weighted by molar-refractivity contribution is 5.79. The van der Waals surface area contributed by atoms with Crippen molar-refractivity contribution in [3.63, 3.8) is 0 Å². The number of aromatic amines is 1. The number of nitrogens with two attached hydrogens (primary N) is 1. The lowest BCUT2D eigenvalue weighted by atomic mass is 9.93. The Morgan fingerprint density at radius 3 is 3.04 bits per heavy atom. The van der Waals surface area contributed by atoms with Crippen LogP contribution in [0.15, 0.2) is 42.9 Å². The lowest BCUT2D eigenvalue weighted by molar-refractivity contribution is 0.166. The Bertz CT molecular complexity index is 825. The van der Waals surface area contributed by atoms with Crippen molar-refractivity contribution >= 4 is 16.7 Å². The monoisotopic (exact) mass is 321 g/mol. The molecule has 1 fully saturated rings. The Balaban J connectivity index is 1.42. The molecule has 1 atom stereocenters. The molecule has 0 amide bonds. The zero-order chi connectivity index (χ0) is 16.4. The highest BCUT2D eigenvalue weighted by Crippen LogP contribution is 2.24. The number of nitrogens with one attached hydrogen (secondary N) is 1. The van der Waals surface area contributed by atoms with Gasteiger partial charge in [-0.2, -0.15) is 0 Å². The van der Waals surface area contributed by atoms with E-state index in [1.165, 1.54) is 29.3 Å². The molecule has 124 valence electrons. The van der Waals surface area contributed by atoms with Gasteiger partial charge in [0.25, 0.3) is 0 Å². The van der Waals surface area contributed by atoms with E-state index >= 15 is 0 Å². The van der Waals surface area contributed by atoms with E-state index in [2.05, 4.69) is 44.1 Å². The highest BCUT2D eigenvalue weighted by Gasteiger charge is 2.21. The molecule has 1 aliphatic heterocycles. The number of likely N-dealkylation sites (tertiary alicyclic amines) is 1. The Morgan fingerprint density at radius 1 is 1.21 bits per heavy atom. The second-order valence-corrected chi connectivity index (χ2v) is 6.74. The van der Waals surface area contributed by atoms with Gasteiger partial charge in [-0.1, -0.05) is 6.07 Å². The summed E-state index contributed by atoms with van der Waals surface area (Å²) in [4.78, 5) is 14.4. The van der Waals surface area contributed by atoms with Gasteiger partial charge in [0.2, 0.25) is 0 Å². The zero-order valence-electron chi connectivity index (χ0n) is 13.8. The normalized spacial score (nSPS) is 18.9. The number of fused-ring (bicyclic) bond motifs is 1. The van der Waals surface area contributed by atoms with Crippen molar-refractivity contribution in [2.45, 2.75) is 25.8 Å². The molecule has 3 N–H and O–H groups in total. The quantitative estimate of drug-likeness (QED) is 0.775. The van der Waals surface area contributed by atoms with Crippen molar-refractivity contribution in [2.75, 3.05) is 18.8 Å². The van der Waals surface area contributed by atoms with Crippen molar-refractivity contribution in [3.05, 3.63) is 54.1 Å². The van der Waals surface area contributed by atoms with Gasteiger partial charge in [0.15, 0.2) is 0 Å². The maximum atomic E-state index is 5.95. The molecule has 5 nitrogen and oxygen atoms in total. The average Bonchev–Trinajstić information content (AvgIpc) is 3.05. The van der Waals surface area contributed by atoms with Gasteiger partial charge in [0, 0.05) is 37.2 Å². The molecule has 0 saturated carbocycles. The fourth-order valence-corrected chi connectivity index (χ4v) is 3.73. The van der Waals surface area contributed by atoms with Crippen LogP contribution in [0.2, 0.25) is 0 Å². The molecule has 24 heavy (non-hydrogen) atoms. The van der Waals surface area contributed by atoms with E-state index in [-0.39, 0.29) is 0 Å². The van der Waals surface area contributed by atoms with E-state index in [0.29, 0.717) is 11.7 Å². The van der Waals surface area contributed by atoms with Crippen LogP contribution in [-0.4, -0.2) is 32.9 Å². The third-order valence-corrected chi connectivity index (χ3v) is 4.92. The number of rotatable bonds is 4. The fraction of sp³-hybridized carbons (Fsp3) is 0.368. The van der Waals surface area contributed by atoms with Crippen LogP contribution in [0.3, 0.4) is 0 Å². The van der Waals surface area contributed by atoms with Crippen molar-refractivity contribution in [1.82, 2.24) is 19.9 Å². The molecule has 4 rings (SSSR count). The van der Waals surface area contributed by atoms with Crippen molar-refractivity contribution in [1.29, 1.82) is 0 Å². The summed E-state index contributed by atoms with van der Waals surface area (Å²) in [6.07, 6.45) is 8.78. The molecule has 0 aliphatic carbocycles. The summed E-state index contributed by atoms with van der Waals surface area (Å²) >= 11 is 0. The number of anilines is 1. The summed E-state index contributed by atoms with van der Waals surface area (Å²) in [5, 5.41) is 1.29. The van der Waals surface area contributed by atoms with Crippen molar-refractivity contribution < 1.29 is 0 Å². The van der Waals surface area contributed by atoms with Crippen LogP contribution >= 0.6 is 0 Å². The molecule has 0 spiro atoms. The third kappa shape index (κ3) is 3.26. The minimum atomic E-state index is 0.576. The van der Waals surface area contributed by atoms with Gasteiger partial charge in [-0.05, 0) is 60.9 Å². The Morgan fingerprint density at radius 2 is 2.12 bits per heavy atom. The zero-order valence-corrected chi connectivity index (χ0v) is 13.8. The largest absolute Gasteiger partial charge is 0.382 e. The summed E-state index contributed by atoms with van der Waals surface area (Å²) in [5.41, 5.74) is 9.47. The van der Waals surface area contributed by atoms with Gasteiger partial charge in [-0.15, -0.1) is 0 Å². The van der Waals surface area contributed by atoms with Gasteiger partial charge < -0.3 is 10.7 Å². The Labute approximate surface area is 141 Å². The minimum Gasteiger partial charge on any atom is -0.382 e. The van der Waals surface area contributed by atoms with Gasteiger partial charge >= 0.3 is 0 Å². The Kier molecular flexibility index (Phi) is 4.17. The molecule has 0 radical (unpaired) electrons. The van der Waals surface area contributed by atoms with E-state index < -0.39 is 0 Å². The van der Waals surface area contributed by atoms with Crippen LogP contribution in [0.5, 0.6) is 0 Å². The number of hydrogen-bond donors (Lipinski definition) is 2. The van der Waals surface area contributed by atoms with E-state index in [9.17, 15) is 0 Å². The fourth-order valence-electron chi connectivity index (χ4n) is 3.73. The number of benzene rings is 1. The van der Waals surface area contributed by atoms with E-state index in [1.807, 2.05) is 6.20 Å². The van der Waals surface area contributed by atoms with Crippen LogP contribution in [0, 0.1) is 5.92 Å². The van der Waals surface area contributed by atoms with Crippen LogP contribution in [0.4, 0.5) is 5.82 Å². The maximum absolute atomic E-state index is 5.95. The highest BCUT2D eigenvalue weighted by atomic mass is 15.1. The van der Waals surface area contributed by atoms with E-state index in [0.717, 1.165) is 31.7 Å². The van der Waals surface area contributed by atoms with E-state index in [4.69, 9.17) is 5.73 Å². The first kappa shape index (κ1) is 15.1. The smallest absolute Gasteiger partial charge is 0.145 e. The number of hydrogen-bond acceptors (Lipinski definition) is 4. The predicted molar refractivity (Wildman–Crippen MR) is 96.4 cm³/mol. The van der Waals surface area contributed by atoms with Gasteiger partial charge in [0.05, 0.1) is 5.69 Å². The minimum absolute atomic E-state index is 0.576. The maximum Gasteiger partial charge on any atom is 0.145 e. The molecule has 1 aliphatic rings. The molecular formula is C19H23N5. The number of piperidine rings is 1. The SMILES string of the molecule is Nc1nccnc1C[C@H]1CCCN(Cc2ccc3[nH]ccc3c2)C1. The lowest BCUT2D eigenvalue weighted by Gasteiger charge is -2.32. The van der Waals surface area contributed by atoms with Gasteiger partial charge in [-0.3, -0.25) is 9.88 Å². The standard InChI is InChI=1S/C19H23N5/c20-19-18(22-7-8-23-19)11-14-2-1-9-24(12-14)13-15-3-4-17-16(10-15)5-6-21-17/h3-8,10,14,21H,1-2,9,11-13H2,(H2,20,23)/t14-/m1/s1. The first-order chi connectivity index (χ1) is 11.8. The van der Waals surface area contributed by atoms with Crippen molar-refractivity contribution in [2.24, 2.45) is 5.92 Å². The first-order valence-corrected chi connectivity index (χ1v) is 8.61. The summed E-state index contributed by atoms with van der Waals surface area (Å²) in [7, 11) is 0. The van der Waals surface area contributed by atoms with Gasteiger partial charge in [0.1, 0.15) is 5.82 Å². The second-order valence-electron chi connectivity index (χ2n) is 6.74. The average molecular weight is 321 g/mol. The van der Waals surface area contributed by atoms with Gasteiger partial charge in [-0.25, -0.2) is 4.98 Å². The number of nitrogens with zero attached hydrogens (tertiary/aromatic N) is 3. The number of aromatic nitrogens is 3. The molecule has 2 aromatic heterocycles. The lowest BCUT2D eigenvalue weighted by Crippen LogP contribution is -2.36. The topological polar surface area (TPSA) is 70.8 Å². The number of H-pyrrole nitrogens is 1. The number of nitrogen functional groups attached to an aromatic ring is 1. The predicted octanol–water partition coefficient (Wildman–Crippen LogP) is 2.99. The Hall–Kier alpha value is -2.40.